The van der Waals surface area contributed by atoms with Crippen LogP contribution in [0.4, 0.5) is 4.39 Å². The molecule has 1 aromatic heterocycles. The smallest absolute Gasteiger partial charge is 0.423 e. The molecule has 0 saturated heterocycles. The van der Waals surface area contributed by atoms with Gasteiger partial charge in [-0.2, -0.15) is 5.10 Å². The molecule has 0 bridgehead atoms. The Hall–Kier alpha value is -1.37. The highest BCUT2D eigenvalue weighted by Crippen LogP contribution is 2.16. The Morgan fingerprint density at radius 1 is 1.41 bits per heavy atom. The van der Waals surface area contributed by atoms with Gasteiger partial charge in [0.15, 0.2) is 0 Å². The summed E-state index contributed by atoms with van der Waals surface area (Å²) in [5.41, 5.74) is 1.08. The van der Waals surface area contributed by atoms with Crippen LogP contribution in [0.2, 0.25) is 5.02 Å². The number of rotatable bonds is 3. The minimum Gasteiger partial charge on any atom is -0.423 e. The Morgan fingerprint density at radius 2 is 2.18 bits per heavy atom. The number of halogens is 2. The largest absolute Gasteiger partial charge is 0.491 e. The molecule has 0 amide bonds. The molecular formula is C10H9BClFN2O2. The normalized spacial score (nSPS) is 10.6. The van der Waals surface area contributed by atoms with E-state index in [4.69, 9.17) is 21.6 Å². The number of hydrogen-bond acceptors (Lipinski definition) is 3. The van der Waals surface area contributed by atoms with Crippen LogP contribution in [0.1, 0.15) is 5.56 Å². The second kappa shape index (κ2) is 4.87. The number of benzene rings is 1. The highest BCUT2D eigenvalue weighted by Gasteiger charge is 2.13. The van der Waals surface area contributed by atoms with Crippen LogP contribution in [0.3, 0.4) is 0 Å². The third-order valence-electron chi connectivity index (χ3n) is 2.28. The third-order valence-corrected chi connectivity index (χ3v) is 2.57. The first-order valence-electron chi connectivity index (χ1n) is 4.88. The lowest BCUT2D eigenvalue weighted by atomic mass is 9.83. The van der Waals surface area contributed by atoms with Gasteiger partial charge < -0.3 is 10.0 Å². The van der Waals surface area contributed by atoms with Gasteiger partial charge in [0, 0.05) is 17.9 Å². The van der Waals surface area contributed by atoms with Crippen molar-refractivity contribution in [1.29, 1.82) is 0 Å². The van der Waals surface area contributed by atoms with Crippen molar-refractivity contribution in [2.75, 3.05) is 0 Å². The Kier molecular flexibility index (Phi) is 3.47. The molecule has 0 aliphatic rings. The fraction of sp³-hybridized carbons (Fsp3) is 0.100. The van der Waals surface area contributed by atoms with Crippen molar-refractivity contribution < 1.29 is 14.4 Å². The van der Waals surface area contributed by atoms with Crippen LogP contribution in [0.15, 0.2) is 30.6 Å². The van der Waals surface area contributed by atoms with Gasteiger partial charge in [-0.05, 0) is 17.7 Å². The van der Waals surface area contributed by atoms with Gasteiger partial charge in [0.2, 0.25) is 0 Å². The maximum absolute atomic E-state index is 12.9. The van der Waals surface area contributed by atoms with E-state index in [1.807, 2.05) is 0 Å². The molecule has 17 heavy (non-hydrogen) atoms. The topological polar surface area (TPSA) is 58.3 Å². The molecule has 0 spiro atoms. The fourth-order valence-corrected chi connectivity index (χ4v) is 1.63. The van der Waals surface area contributed by atoms with Crippen LogP contribution < -0.4 is 5.46 Å². The van der Waals surface area contributed by atoms with E-state index in [-0.39, 0.29) is 5.02 Å². The molecule has 88 valence electrons. The van der Waals surface area contributed by atoms with Gasteiger partial charge in [-0.1, -0.05) is 17.7 Å². The lowest BCUT2D eigenvalue weighted by Crippen LogP contribution is -2.28. The highest BCUT2D eigenvalue weighted by molar-refractivity contribution is 6.58. The second-order valence-electron chi connectivity index (χ2n) is 3.59. The maximum Gasteiger partial charge on any atom is 0.491 e. The number of hydrogen-bond donors (Lipinski definition) is 2. The number of aromatic nitrogens is 2. The van der Waals surface area contributed by atoms with Crippen molar-refractivity contribution in [3.8, 4) is 0 Å². The van der Waals surface area contributed by atoms with Crippen molar-refractivity contribution >= 4 is 24.2 Å². The summed E-state index contributed by atoms with van der Waals surface area (Å²) in [6.07, 6.45) is 2.86. The van der Waals surface area contributed by atoms with Crippen molar-refractivity contribution in [2.24, 2.45) is 0 Å². The summed E-state index contributed by atoms with van der Waals surface area (Å²) < 4.78 is 14.4. The van der Waals surface area contributed by atoms with Gasteiger partial charge in [0.1, 0.15) is 5.82 Å². The molecule has 0 unspecified atom stereocenters. The fourth-order valence-electron chi connectivity index (χ4n) is 1.42. The number of nitrogens with zero attached hydrogens (tertiary/aromatic N) is 2. The lowest BCUT2D eigenvalue weighted by Gasteiger charge is -2.03. The molecule has 7 heteroatoms. The Labute approximate surface area is 102 Å². The van der Waals surface area contributed by atoms with Crippen LogP contribution in [-0.4, -0.2) is 26.9 Å². The minimum atomic E-state index is -1.54. The van der Waals surface area contributed by atoms with Crippen LogP contribution >= 0.6 is 11.6 Å². The molecule has 2 N–H and O–H groups in total. The Balaban J connectivity index is 2.16. The minimum absolute atomic E-state index is 0.0528. The van der Waals surface area contributed by atoms with Crippen LogP contribution in [0.5, 0.6) is 0 Å². The molecule has 2 rings (SSSR count). The average molecular weight is 254 g/mol. The van der Waals surface area contributed by atoms with Crippen LogP contribution in [0, 0.1) is 5.82 Å². The van der Waals surface area contributed by atoms with Crippen LogP contribution in [0.25, 0.3) is 0 Å². The van der Waals surface area contributed by atoms with E-state index in [1.54, 1.807) is 6.07 Å². The predicted molar refractivity (Wildman–Crippen MR) is 62.6 cm³/mol. The molecule has 0 saturated carbocycles. The van der Waals surface area contributed by atoms with E-state index in [1.165, 1.54) is 29.2 Å². The molecule has 2 aromatic rings. The summed E-state index contributed by atoms with van der Waals surface area (Å²) in [6.45, 7) is 0.382. The zero-order valence-corrected chi connectivity index (χ0v) is 9.47. The monoisotopic (exact) mass is 254 g/mol. The average Bonchev–Trinajstić information content (AvgIpc) is 2.72. The molecule has 1 heterocycles. The molecule has 1 aromatic carbocycles. The zero-order valence-electron chi connectivity index (χ0n) is 8.72. The SMILES string of the molecule is OB(O)c1cnn(Cc2ccc(F)c(Cl)c2)c1. The molecule has 4 nitrogen and oxygen atoms in total. The predicted octanol–water partition coefficient (Wildman–Crippen LogP) is 0.404. The second-order valence-corrected chi connectivity index (χ2v) is 4.00. The summed E-state index contributed by atoms with van der Waals surface area (Å²) in [5, 5.41) is 21.8. The maximum atomic E-state index is 12.9. The molecular weight excluding hydrogens is 245 g/mol. The van der Waals surface area contributed by atoms with Crippen molar-refractivity contribution in [1.82, 2.24) is 9.78 Å². The van der Waals surface area contributed by atoms with Gasteiger partial charge >= 0.3 is 7.12 Å². The van der Waals surface area contributed by atoms with E-state index >= 15 is 0 Å². The molecule has 0 aliphatic carbocycles. The van der Waals surface area contributed by atoms with Crippen molar-refractivity contribution in [3.63, 3.8) is 0 Å². The van der Waals surface area contributed by atoms with Gasteiger partial charge in [-0.15, -0.1) is 0 Å². The molecule has 0 radical (unpaired) electrons. The van der Waals surface area contributed by atoms with Crippen LogP contribution in [-0.2, 0) is 6.54 Å². The van der Waals surface area contributed by atoms with Crippen molar-refractivity contribution in [2.45, 2.75) is 6.54 Å². The Morgan fingerprint density at radius 3 is 2.76 bits per heavy atom. The zero-order chi connectivity index (χ0) is 12.4. The van der Waals surface area contributed by atoms with E-state index in [0.717, 1.165) is 5.56 Å². The molecule has 0 atom stereocenters. The third kappa shape index (κ3) is 2.85. The van der Waals surface area contributed by atoms with Gasteiger partial charge in [-0.3, -0.25) is 4.68 Å². The first-order chi connectivity index (χ1) is 8.06. The first kappa shape index (κ1) is 12.1. The van der Waals surface area contributed by atoms with Gasteiger partial charge in [0.05, 0.1) is 11.6 Å². The van der Waals surface area contributed by atoms with E-state index in [9.17, 15) is 4.39 Å². The standard InChI is InChI=1S/C10H9BClFN2O2/c12-9-3-7(1-2-10(9)13)5-15-6-8(4-14-15)11(16)17/h1-4,6,16-17H,5H2. The highest BCUT2D eigenvalue weighted by atomic mass is 35.5. The first-order valence-corrected chi connectivity index (χ1v) is 5.26. The summed E-state index contributed by atoms with van der Waals surface area (Å²) in [5.74, 6) is -0.470. The summed E-state index contributed by atoms with van der Waals surface area (Å²) in [7, 11) is -1.54. The quantitative estimate of drug-likeness (QED) is 0.780. The van der Waals surface area contributed by atoms with Gasteiger partial charge in [0.25, 0.3) is 0 Å². The van der Waals surface area contributed by atoms with E-state index in [0.29, 0.717) is 12.0 Å². The van der Waals surface area contributed by atoms with Crippen molar-refractivity contribution in [3.05, 3.63) is 47.0 Å². The lowest BCUT2D eigenvalue weighted by molar-refractivity contribution is 0.425. The summed E-state index contributed by atoms with van der Waals surface area (Å²) >= 11 is 5.65. The van der Waals surface area contributed by atoms with Gasteiger partial charge in [-0.25, -0.2) is 4.39 Å². The van der Waals surface area contributed by atoms with E-state index < -0.39 is 12.9 Å². The summed E-state index contributed by atoms with van der Waals surface area (Å²) in [6, 6.07) is 4.38. The molecule has 0 fully saturated rings. The van der Waals surface area contributed by atoms with E-state index in [2.05, 4.69) is 5.10 Å². The summed E-state index contributed by atoms with van der Waals surface area (Å²) in [4.78, 5) is 0. The molecule has 0 aliphatic heterocycles. The Bertz CT molecular complexity index is 533.